The van der Waals surface area contributed by atoms with Crippen molar-refractivity contribution in [1.82, 2.24) is 20.6 Å². The number of H-pyrrole nitrogens is 1. The van der Waals surface area contributed by atoms with Gasteiger partial charge in [0, 0.05) is 37.2 Å². The maximum absolute atomic E-state index is 12.7. The minimum absolute atomic E-state index is 0.0471. The molecule has 3 rings (SSSR count). The van der Waals surface area contributed by atoms with Gasteiger partial charge in [-0.15, -0.1) is 0 Å². The Morgan fingerprint density at radius 3 is 2.26 bits per heavy atom. The fraction of sp³-hybridized carbons (Fsp3) is 0.360. The third-order valence-corrected chi connectivity index (χ3v) is 6.35. The number of hydrogen-bond donors (Lipinski definition) is 9. The number of carbonyl (C=O) groups excluding carboxylic acids is 3. The molecule has 0 radical (unpaired) electrons. The predicted molar refractivity (Wildman–Crippen MR) is 150 cm³/mol. The zero-order valence-electron chi connectivity index (χ0n) is 22.5. The van der Waals surface area contributed by atoms with E-state index in [0.717, 1.165) is 0 Å². The number of amides is 3. The number of nitrogens with two attached hydrogens (primary N) is 1. The summed E-state index contributed by atoms with van der Waals surface area (Å²) < 4.78 is 0. The second kappa shape index (κ2) is 14.3. The lowest BCUT2D eigenvalue weighted by atomic mass is 10.1. The van der Waals surface area contributed by atoms with Gasteiger partial charge in [0.05, 0.1) is 6.04 Å². The van der Waals surface area contributed by atoms with E-state index in [0.29, 0.717) is 18.6 Å². The number of nitrogen functional groups attached to an aromatic ring is 1. The van der Waals surface area contributed by atoms with E-state index in [-0.39, 0.29) is 48.4 Å². The summed E-state index contributed by atoms with van der Waals surface area (Å²) in [5, 5.41) is 37.8. The Kier molecular flexibility index (Phi) is 10.6. The summed E-state index contributed by atoms with van der Waals surface area (Å²) >= 11 is 0. The minimum Gasteiger partial charge on any atom is -0.481 e. The number of hydrogen-bond acceptors (Lipinski definition) is 11. The lowest BCUT2D eigenvalue weighted by Gasteiger charge is -2.30. The van der Waals surface area contributed by atoms with E-state index < -0.39 is 60.2 Å². The van der Waals surface area contributed by atoms with E-state index in [4.69, 9.17) is 15.9 Å². The molecular formula is C25H30N8O10. The molecule has 1 aliphatic rings. The molecule has 2 aromatic rings. The van der Waals surface area contributed by atoms with Crippen molar-refractivity contribution in [2.75, 3.05) is 34.4 Å². The lowest BCUT2D eigenvalue weighted by molar-refractivity contribution is -0.143. The zero-order valence-corrected chi connectivity index (χ0v) is 22.5. The molecule has 230 valence electrons. The van der Waals surface area contributed by atoms with Gasteiger partial charge in [-0.05, 0) is 37.1 Å². The van der Waals surface area contributed by atoms with E-state index >= 15 is 0 Å². The molecule has 3 atom stereocenters. The summed E-state index contributed by atoms with van der Waals surface area (Å²) in [6.45, 7) is 0.453. The van der Waals surface area contributed by atoms with Crippen LogP contribution in [0.4, 0.5) is 23.1 Å². The van der Waals surface area contributed by atoms with E-state index in [1.165, 1.54) is 29.2 Å². The van der Waals surface area contributed by atoms with Crippen molar-refractivity contribution in [3.8, 4) is 0 Å². The molecule has 1 aromatic heterocycles. The summed E-state index contributed by atoms with van der Waals surface area (Å²) in [4.78, 5) is 90.2. The molecule has 18 heteroatoms. The molecule has 43 heavy (non-hydrogen) atoms. The average molecular weight is 603 g/mol. The number of aliphatic carboxylic acids is 3. The van der Waals surface area contributed by atoms with Gasteiger partial charge < -0.3 is 47.2 Å². The van der Waals surface area contributed by atoms with Crippen molar-refractivity contribution in [2.24, 2.45) is 0 Å². The number of carboxylic acid groups (broad SMARTS) is 3. The highest BCUT2D eigenvalue weighted by Gasteiger charge is 2.26. The summed E-state index contributed by atoms with van der Waals surface area (Å²) in [5.74, 6) is -5.48. The highest BCUT2D eigenvalue weighted by molar-refractivity contribution is 5.97. The van der Waals surface area contributed by atoms with Crippen LogP contribution in [-0.2, 0) is 24.0 Å². The van der Waals surface area contributed by atoms with Crippen molar-refractivity contribution in [3.05, 3.63) is 40.2 Å². The van der Waals surface area contributed by atoms with Crippen LogP contribution in [0.25, 0.3) is 0 Å². The number of fused-ring (bicyclic) bond motifs is 1. The summed E-state index contributed by atoms with van der Waals surface area (Å²) in [7, 11) is 0. The number of carbonyl (C=O) groups is 6. The molecule has 0 spiro atoms. The maximum Gasteiger partial charge on any atom is 0.326 e. The molecular weight excluding hydrogens is 572 g/mol. The van der Waals surface area contributed by atoms with Crippen LogP contribution in [0.15, 0.2) is 29.1 Å². The van der Waals surface area contributed by atoms with Crippen molar-refractivity contribution >= 4 is 59.3 Å². The molecule has 0 aliphatic carbocycles. The molecule has 0 saturated heterocycles. The van der Waals surface area contributed by atoms with Crippen LogP contribution >= 0.6 is 0 Å². The largest absolute Gasteiger partial charge is 0.481 e. The summed E-state index contributed by atoms with van der Waals surface area (Å²) in [5.41, 5.74) is 5.71. The maximum atomic E-state index is 12.7. The highest BCUT2D eigenvalue weighted by atomic mass is 16.4. The molecule has 0 saturated carbocycles. The Morgan fingerprint density at radius 1 is 1.02 bits per heavy atom. The van der Waals surface area contributed by atoms with E-state index in [1.807, 2.05) is 0 Å². The van der Waals surface area contributed by atoms with Gasteiger partial charge in [-0.1, -0.05) is 0 Å². The van der Waals surface area contributed by atoms with Crippen LogP contribution in [0.1, 0.15) is 36.0 Å². The minimum atomic E-state index is -1.49. The molecule has 0 bridgehead atoms. The second-order valence-electron chi connectivity index (χ2n) is 9.50. The predicted octanol–water partition coefficient (Wildman–Crippen LogP) is -1.38. The number of aromatic amines is 1. The summed E-state index contributed by atoms with van der Waals surface area (Å²) in [6.07, 6.45) is -1.11. The van der Waals surface area contributed by atoms with Gasteiger partial charge in [-0.2, -0.15) is 4.98 Å². The molecule has 1 unspecified atom stereocenters. The molecule has 1 aliphatic heterocycles. The van der Waals surface area contributed by atoms with E-state index in [2.05, 4.69) is 31.2 Å². The lowest BCUT2D eigenvalue weighted by Crippen LogP contribution is -2.45. The SMILES string of the molecule is Nc1nc2c(c(=O)[nH]1)NC(CN(C=O)c1ccc(C(=O)N[C@@H](CCC(=O)N[C@@H](CCC(=O)O)C(=O)O)C(=O)O)cc1)CN2. The normalized spacial score (nSPS) is 14.9. The number of nitrogens with one attached hydrogen (secondary N) is 5. The Morgan fingerprint density at radius 2 is 1.65 bits per heavy atom. The van der Waals surface area contributed by atoms with Gasteiger partial charge in [0.15, 0.2) is 5.82 Å². The number of rotatable bonds is 15. The topological polar surface area (TPSA) is 286 Å². The van der Waals surface area contributed by atoms with Gasteiger partial charge in [0.1, 0.15) is 17.8 Å². The first-order valence-electron chi connectivity index (χ1n) is 12.9. The second-order valence-corrected chi connectivity index (χ2v) is 9.50. The Labute approximate surface area is 242 Å². The summed E-state index contributed by atoms with van der Waals surface area (Å²) in [6, 6.07) is 2.32. The standard InChI is InChI=1S/C25H30N8O10/c26-25-31-20-19(22(39)32-25)28-13(9-27-20)10-33(11-34)14-3-1-12(2-4-14)21(38)30-16(24(42)43)5-7-17(35)29-15(23(40)41)6-8-18(36)37/h1-4,11,13,15-16,28H,5-10H2,(H,29,35)(H,30,38)(H,36,37)(H,40,41)(H,42,43)(H4,26,27,31,32,39)/t13?,15-,16-/m0/s1. The van der Waals surface area contributed by atoms with Gasteiger partial charge in [-0.25, -0.2) is 9.59 Å². The molecule has 2 heterocycles. The fourth-order valence-electron chi connectivity index (χ4n) is 4.15. The number of nitrogens with zero attached hydrogens (tertiary/aromatic N) is 2. The van der Waals surface area contributed by atoms with E-state index in [1.54, 1.807) is 0 Å². The van der Waals surface area contributed by atoms with Gasteiger partial charge in [0.2, 0.25) is 18.3 Å². The number of anilines is 4. The quantitative estimate of drug-likeness (QED) is 0.106. The molecule has 18 nitrogen and oxygen atoms in total. The van der Waals surface area contributed by atoms with Crippen LogP contribution in [-0.4, -0.2) is 92.6 Å². The molecule has 10 N–H and O–H groups in total. The van der Waals surface area contributed by atoms with Crippen LogP contribution < -0.4 is 37.5 Å². The highest BCUT2D eigenvalue weighted by Crippen LogP contribution is 2.22. The monoisotopic (exact) mass is 602 g/mol. The first kappa shape index (κ1) is 31.8. The van der Waals surface area contributed by atoms with Crippen molar-refractivity contribution in [1.29, 1.82) is 0 Å². The van der Waals surface area contributed by atoms with Gasteiger partial charge in [0.25, 0.3) is 11.5 Å². The van der Waals surface area contributed by atoms with E-state index in [9.17, 15) is 38.7 Å². The number of carboxylic acids is 3. The van der Waals surface area contributed by atoms with Crippen molar-refractivity contribution in [2.45, 2.75) is 43.8 Å². The number of benzene rings is 1. The molecule has 3 amide bonds. The molecule has 1 aromatic carbocycles. The van der Waals surface area contributed by atoms with Gasteiger partial charge in [-0.3, -0.25) is 29.0 Å². The van der Waals surface area contributed by atoms with Crippen LogP contribution in [0.2, 0.25) is 0 Å². The average Bonchev–Trinajstić information content (AvgIpc) is 2.95. The van der Waals surface area contributed by atoms with Crippen molar-refractivity contribution in [3.63, 3.8) is 0 Å². The third kappa shape index (κ3) is 8.90. The molecule has 0 fully saturated rings. The number of aromatic nitrogens is 2. The van der Waals surface area contributed by atoms with Crippen molar-refractivity contribution < 1.29 is 44.1 Å². The first-order valence-corrected chi connectivity index (χ1v) is 12.9. The fourth-order valence-corrected chi connectivity index (χ4v) is 4.15. The third-order valence-electron chi connectivity index (χ3n) is 6.35. The zero-order chi connectivity index (χ0) is 31.7. The smallest absolute Gasteiger partial charge is 0.326 e. The van der Waals surface area contributed by atoms with Crippen LogP contribution in [0.5, 0.6) is 0 Å². The van der Waals surface area contributed by atoms with Crippen LogP contribution in [0.3, 0.4) is 0 Å². The Bertz CT molecular complexity index is 1440. The first-order chi connectivity index (χ1) is 20.4. The van der Waals surface area contributed by atoms with Crippen LogP contribution in [0, 0.1) is 0 Å². The Balaban J connectivity index is 1.57. The van der Waals surface area contributed by atoms with Gasteiger partial charge >= 0.3 is 17.9 Å². The Hall–Kier alpha value is -5.68.